The molecule has 0 bridgehead atoms. The first kappa shape index (κ1) is 20.3. The van der Waals surface area contributed by atoms with Gasteiger partial charge in [0.1, 0.15) is 12.4 Å². The van der Waals surface area contributed by atoms with Gasteiger partial charge in [0.15, 0.2) is 0 Å². The van der Waals surface area contributed by atoms with E-state index in [-0.39, 0.29) is 11.9 Å². The smallest absolute Gasteiger partial charge is 0.261 e. The molecule has 1 unspecified atom stereocenters. The SMILES string of the molecule is CC(NC(=O)c1cc(COc2cccc(Cl)c2)cs1)c1ccc(-n2cccc2)cc1. The number of nitrogens with one attached hydrogen (secondary N) is 1. The maximum atomic E-state index is 12.7. The molecule has 4 nitrogen and oxygen atoms in total. The Bertz CT molecular complexity index is 1120. The van der Waals surface area contributed by atoms with Crippen LogP contribution in [0.5, 0.6) is 5.75 Å². The summed E-state index contributed by atoms with van der Waals surface area (Å²) >= 11 is 7.39. The van der Waals surface area contributed by atoms with E-state index in [2.05, 4.69) is 17.4 Å². The van der Waals surface area contributed by atoms with Crippen LogP contribution in [-0.2, 0) is 6.61 Å². The molecule has 0 aliphatic rings. The lowest BCUT2D eigenvalue weighted by Crippen LogP contribution is -2.25. The van der Waals surface area contributed by atoms with Gasteiger partial charge in [-0.05, 0) is 66.4 Å². The fraction of sp³-hybridized carbons (Fsp3) is 0.125. The van der Waals surface area contributed by atoms with Crippen molar-refractivity contribution in [3.63, 3.8) is 0 Å². The van der Waals surface area contributed by atoms with Crippen LogP contribution in [0.3, 0.4) is 0 Å². The van der Waals surface area contributed by atoms with E-state index in [1.807, 2.05) is 71.7 Å². The number of thiophene rings is 1. The van der Waals surface area contributed by atoms with Crippen molar-refractivity contribution in [1.82, 2.24) is 9.88 Å². The normalized spacial score (nSPS) is 11.8. The second-order valence-corrected chi connectivity index (χ2v) is 8.29. The van der Waals surface area contributed by atoms with E-state index in [1.54, 1.807) is 12.1 Å². The van der Waals surface area contributed by atoms with Crippen molar-refractivity contribution in [2.24, 2.45) is 0 Å². The zero-order chi connectivity index (χ0) is 20.9. The van der Waals surface area contributed by atoms with E-state index < -0.39 is 0 Å². The molecule has 1 amide bonds. The lowest BCUT2D eigenvalue weighted by Gasteiger charge is -2.14. The molecule has 1 atom stereocenters. The Hall–Kier alpha value is -3.02. The monoisotopic (exact) mass is 436 g/mol. The number of amides is 1. The highest BCUT2D eigenvalue weighted by Gasteiger charge is 2.14. The molecule has 0 radical (unpaired) electrons. The molecule has 0 aliphatic heterocycles. The van der Waals surface area contributed by atoms with Gasteiger partial charge in [0.25, 0.3) is 5.91 Å². The summed E-state index contributed by atoms with van der Waals surface area (Å²) in [4.78, 5) is 13.3. The van der Waals surface area contributed by atoms with Gasteiger partial charge in [-0.15, -0.1) is 11.3 Å². The second kappa shape index (κ2) is 9.20. The Morgan fingerprint density at radius 3 is 2.60 bits per heavy atom. The van der Waals surface area contributed by atoms with Gasteiger partial charge in [-0.2, -0.15) is 0 Å². The molecule has 6 heteroatoms. The van der Waals surface area contributed by atoms with E-state index in [0.717, 1.165) is 16.8 Å². The maximum Gasteiger partial charge on any atom is 0.261 e. The third-order valence-corrected chi connectivity index (χ3v) is 5.94. The molecule has 0 spiro atoms. The van der Waals surface area contributed by atoms with Gasteiger partial charge in [0.2, 0.25) is 0 Å². The molecule has 0 saturated carbocycles. The number of halogens is 1. The Balaban J connectivity index is 1.34. The summed E-state index contributed by atoms with van der Waals surface area (Å²) in [5.41, 5.74) is 3.10. The first-order valence-electron chi connectivity index (χ1n) is 9.58. The zero-order valence-electron chi connectivity index (χ0n) is 16.4. The fourth-order valence-electron chi connectivity index (χ4n) is 3.09. The Morgan fingerprint density at radius 1 is 1.10 bits per heavy atom. The van der Waals surface area contributed by atoms with Crippen LogP contribution in [0.1, 0.15) is 33.8 Å². The minimum atomic E-state index is -0.0931. The predicted molar refractivity (Wildman–Crippen MR) is 122 cm³/mol. The molecule has 2 aromatic carbocycles. The van der Waals surface area contributed by atoms with Crippen LogP contribution in [0.4, 0.5) is 0 Å². The molecule has 30 heavy (non-hydrogen) atoms. The molecular formula is C24H21ClN2O2S. The second-order valence-electron chi connectivity index (χ2n) is 6.94. The first-order valence-corrected chi connectivity index (χ1v) is 10.8. The van der Waals surface area contributed by atoms with Crippen molar-refractivity contribution in [2.75, 3.05) is 0 Å². The molecule has 0 aliphatic carbocycles. The van der Waals surface area contributed by atoms with E-state index in [9.17, 15) is 4.79 Å². The average molecular weight is 437 g/mol. The van der Waals surface area contributed by atoms with Crippen LogP contribution < -0.4 is 10.1 Å². The quantitative estimate of drug-likeness (QED) is 0.371. The van der Waals surface area contributed by atoms with Gasteiger partial charge < -0.3 is 14.6 Å². The summed E-state index contributed by atoms with van der Waals surface area (Å²) < 4.78 is 7.79. The van der Waals surface area contributed by atoms with E-state index >= 15 is 0 Å². The van der Waals surface area contributed by atoms with Gasteiger partial charge in [0.05, 0.1) is 10.9 Å². The lowest BCUT2D eigenvalue weighted by molar-refractivity contribution is 0.0944. The van der Waals surface area contributed by atoms with Crippen LogP contribution in [0, 0.1) is 0 Å². The number of hydrogen-bond donors (Lipinski definition) is 1. The van der Waals surface area contributed by atoms with Crippen LogP contribution in [-0.4, -0.2) is 10.5 Å². The van der Waals surface area contributed by atoms with Gasteiger partial charge in [0, 0.05) is 28.7 Å². The highest BCUT2D eigenvalue weighted by atomic mass is 35.5. The number of carbonyl (C=O) groups excluding carboxylic acids is 1. The van der Waals surface area contributed by atoms with Crippen LogP contribution in [0.25, 0.3) is 5.69 Å². The summed E-state index contributed by atoms with van der Waals surface area (Å²) in [7, 11) is 0. The molecule has 152 valence electrons. The van der Waals surface area contributed by atoms with Crippen molar-refractivity contribution in [1.29, 1.82) is 0 Å². The largest absolute Gasteiger partial charge is 0.489 e. The Kier molecular flexibility index (Phi) is 6.21. The van der Waals surface area contributed by atoms with E-state index in [4.69, 9.17) is 16.3 Å². The van der Waals surface area contributed by atoms with Gasteiger partial charge in [-0.3, -0.25) is 4.79 Å². The number of nitrogens with zero attached hydrogens (tertiary/aromatic N) is 1. The van der Waals surface area contributed by atoms with Crippen LogP contribution >= 0.6 is 22.9 Å². The molecule has 1 N–H and O–H groups in total. The predicted octanol–water partition coefficient (Wildman–Crippen LogP) is 6.26. The van der Waals surface area contributed by atoms with Gasteiger partial charge in [-0.25, -0.2) is 0 Å². The van der Waals surface area contributed by atoms with Gasteiger partial charge >= 0.3 is 0 Å². The lowest BCUT2D eigenvalue weighted by atomic mass is 10.1. The van der Waals surface area contributed by atoms with Crippen LogP contribution in [0.15, 0.2) is 84.5 Å². The molecule has 4 aromatic rings. The number of hydrogen-bond acceptors (Lipinski definition) is 3. The number of aromatic nitrogens is 1. The van der Waals surface area contributed by atoms with Crippen molar-refractivity contribution in [2.45, 2.75) is 19.6 Å². The van der Waals surface area contributed by atoms with E-state index in [0.29, 0.717) is 22.3 Å². The number of rotatable bonds is 7. The van der Waals surface area contributed by atoms with E-state index in [1.165, 1.54) is 11.3 Å². The zero-order valence-corrected chi connectivity index (χ0v) is 18.0. The van der Waals surface area contributed by atoms with Crippen LogP contribution in [0.2, 0.25) is 5.02 Å². The summed E-state index contributed by atoms with van der Waals surface area (Å²) in [6.45, 7) is 2.37. The highest BCUT2D eigenvalue weighted by Crippen LogP contribution is 2.22. The maximum absolute atomic E-state index is 12.7. The minimum Gasteiger partial charge on any atom is -0.489 e. The van der Waals surface area contributed by atoms with Crippen molar-refractivity contribution >= 4 is 28.8 Å². The minimum absolute atomic E-state index is 0.0870. The standard InChI is InChI=1S/C24H21ClN2O2S/c1-17(19-7-9-21(10-8-19)27-11-2-3-12-27)26-24(28)23-13-18(16-30-23)15-29-22-6-4-5-20(25)14-22/h2-14,16-17H,15H2,1H3,(H,26,28). The first-order chi connectivity index (χ1) is 14.6. The number of carbonyl (C=O) groups is 1. The summed E-state index contributed by atoms with van der Waals surface area (Å²) in [5, 5.41) is 5.64. The fourth-order valence-corrected chi connectivity index (χ4v) is 4.07. The molecule has 0 saturated heterocycles. The number of ether oxygens (including phenoxy) is 1. The summed E-state index contributed by atoms with van der Waals surface area (Å²) in [6, 6.07) is 21.2. The van der Waals surface area contributed by atoms with Crippen molar-refractivity contribution in [3.8, 4) is 11.4 Å². The van der Waals surface area contributed by atoms with Crippen molar-refractivity contribution < 1.29 is 9.53 Å². The summed E-state index contributed by atoms with van der Waals surface area (Å²) in [6.07, 6.45) is 4.01. The molecular weight excluding hydrogens is 416 g/mol. The topological polar surface area (TPSA) is 43.3 Å². The van der Waals surface area contributed by atoms with Gasteiger partial charge in [-0.1, -0.05) is 29.8 Å². The Morgan fingerprint density at radius 2 is 1.87 bits per heavy atom. The molecule has 2 aromatic heterocycles. The summed E-state index contributed by atoms with van der Waals surface area (Å²) in [5.74, 6) is 0.618. The van der Waals surface area contributed by atoms with Crippen molar-refractivity contribution in [3.05, 3.63) is 106 Å². The third-order valence-electron chi connectivity index (χ3n) is 4.72. The Labute approximate surface area is 184 Å². The highest BCUT2D eigenvalue weighted by molar-refractivity contribution is 7.12. The third kappa shape index (κ3) is 4.93. The number of benzene rings is 2. The molecule has 2 heterocycles. The molecule has 4 rings (SSSR count). The average Bonchev–Trinajstić information content (AvgIpc) is 3.45. The molecule has 0 fully saturated rings.